The zero-order chi connectivity index (χ0) is 7.45. The molecule has 0 bridgehead atoms. The van der Waals surface area contributed by atoms with Crippen LogP contribution in [0.2, 0.25) is 0 Å². The fourth-order valence-corrected chi connectivity index (χ4v) is 1.000. The largest absolute Gasteiger partial charge is 0.0877 e. The molecule has 0 heteroatoms. The highest BCUT2D eigenvalue weighted by Crippen LogP contribution is 2.33. The molecule has 0 saturated carbocycles. The summed E-state index contributed by atoms with van der Waals surface area (Å²) in [6.45, 7) is 4.27. The molecule has 1 rings (SSSR count). The van der Waals surface area contributed by atoms with Gasteiger partial charge in [-0.25, -0.2) is 0 Å². The van der Waals surface area contributed by atoms with Gasteiger partial charge in [0.1, 0.15) is 0 Å². The van der Waals surface area contributed by atoms with E-state index in [1.54, 1.807) is 0 Å². The Hall–Kier alpha value is -0.780. The van der Waals surface area contributed by atoms with Gasteiger partial charge in [0.2, 0.25) is 0 Å². The quantitative estimate of drug-likeness (QED) is 0.402. The van der Waals surface area contributed by atoms with Gasteiger partial charge in [-0.1, -0.05) is 43.4 Å². The van der Waals surface area contributed by atoms with Gasteiger partial charge >= 0.3 is 0 Å². The molecule has 0 aromatic heterocycles. The molecule has 0 fully saturated rings. The summed E-state index contributed by atoms with van der Waals surface area (Å²) in [5.74, 6) is 0. The van der Waals surface area contributed by atoms with Crippen LogP contribution < -0.4 is 0 Å². The highest BCUT2D eigenvalue weighted by atomic mass is 14.2. The lowest BCUT2D eigenvalue weighted by Crippen LogP contribution is -2.14. The third kappa shape index (κ3) is 1.60. The summed E-state index contributed by atoms with van der Waals surface area (Å²) in [6, 6.07) is 0. The molecule has 0 aliphatic heterocycles. The van der Waals surface area contributed by atoms with Crippen LogP contribution >= 0.6 is 0 Å². The van der Waals surface area contributed by atoms with Gasteiger partial charge in [-0.3, -0.25) is 0 Å². The molecule has 0 radical (unpaired) electrons. The van der Waals surface area contributed by atoms with Crippen molar-refractivity contribution in [3.05, 3.63) is 36.5 Å². The van der Waals surface area contributed by atoms with E-state index in [4.69, 9.17) is 0 Å². The molecule has 0 nitrogen and oxygen atoms in total. The summed E-state index contributed by atoms with van der Waals surface area (Å²) in [6.07, 6.45) is 14.1. The lowest BCUT2D eigenvalue weighted by molar-refractivity contribution is 0.511. The van der Waals surface area contributed by atoms with Gasteiger partial charge in [-0.2, -0.15) is 0 Å². The second kappa shape index (κ2) is 2.87. The van der Waals surface area contributed by atoms with Gasteiger partial charge in [0.25, 0.3) is 0 Å². The fourth-order valence-electron chi connectivity index (χ4n) is 1.000. The lowest BCUT2D eigenvalue weighted by Gasteiger charge is -2.27. The smallest absolute Gasteiger partial charge is 0.00702 e. The molecule has 0 saturated heterocycles. The van der Waals surface area contributed by atoms with Crippen LogP contribution in [0, 0.1) is 5.41 Å². The van der Waals surface area contributed by atoms with Gasteiger partial charge in [0.05, 0.1) is 0 Å². The Kier molecular flexibility index (Phi) is 2.10. The summed E-state index contributed by atoms with van der Waals surface area (Å²) in [5, 5.41) is 0. The van der Waals surface area contributed by atoms with E-state index < -0.39 is 0 Å². The topological polar surface area (TPSA) is 0 Å². The fraction of sp³-hybridized carbons (Fsp3) is 0.400. The maximum absolute atomic E-state index is 2.24. The number of hydrogen-bond acceptors (Lipinski definition) is 0. The van der Waals surface area contributed by atoms with E-state index in [2.05, 4.69) is 37.3 Å². The summed E-state index contributed by atoms with van der Waals surface area (Å²) in [4.78, 5) is 0. The van der Waals surface area contributed by atoms with Crippen LogP contribution in [0.5, 0.6) is 0 Å². The Labute approximate surface area is 62.9 Å². The third-order valence-corrected chi connectivity index (χ3v) is 1.84. The highest BCUT2D eigenvalue weighted by molar-refractivity contribution is 5.22. The van der Waals surface area contributed by atoms with Gasteiger partial charge in [0.15, 0.2) is 0 Å². The van der Waals surface area contributed by atoms with Crippen LogP contribution in [0.4, 0.5) is 0 Å². The molecule has 0 spiro atoms. The van der Waals surface area contributed by atoms with Gasteiger partial charge in [0, 0.05) is 5.41 Å². The lowest BCUT2D eigenvalue weighted by atomic mass is 9.78. The van der Waals surface area contributed by atoms with Gasteiger partial charge < -0.3 is 0 Å². The molecule has 1 aliphatic carbocycles. The molecule has 1 atom stereocenters. The average molecular weight is 134 g/mol. The molecule has 1 unspecified atom stereocenters. The Bertz CT molecular complexity index is 184. The Morgan fingerprint density at radius 1 is 1.40 bits per heavy atom. The zero-order valence-corrected chi connectivity index (χ0v) is 6.67. The van der Waals surface area contributed by atoms with Crippen LogP contribution in [0.3, 0.4) is 0 Å². The first-order valence-corrected chi connectivity index (χ1v) is 3.75. The van der Waals surface area contributed by atoms with Crippen LogP contribution in [-0.4, -0.2) is 0 Å². The Morgan fingerprint density at radius 3 is 2.50 bits per heavy atom. The van der Waals surface area contributed by atoms with E-state index >= 15 is 0 Å². The van der Waals surface area contributed by atoms with Crippen molar-refractivity contribution in [3.8, 4) is 0 Å². The van der Waals surface area contributed by atoms with Crippen molar-refractivity contribution in [1.29, 1.82) is 0 Å². The Morgan fingerprint density at radius 2 is 2.10 bits per heavy atom. The average Bonchev–Trinajstić information content (AvgIpc) is 1.85. The minimum absolute atomic E-state index is 0.361. The van der Waals surface area contributed by atoms with Crippen LogP contribution in [0.25, 0.3) is 0 Å². The zero-order valence-electron chi connectivity index (χ0n) is 6.67. The highest BCUT2D eigenvalue weighted by Gasteiger charge is 2.20. The normalized spacial score (nSPS) is 31.8. The second-order valence-electron chi connectivity index (χ2n) is 3.00. The predicted molar refractivity (Wildman–Crippen MR) is 45.8 cm³/mol. The van der Waals surface area contributed by atoms with E-state index in [1.807, 2.05) is 13.0 Å². The molecule has 1 aliphatic rings. The minimum atomic E-state index is 0.361. The van der Waals surface area contributed by atoms with E-state index in [1.165, 1.54) is 6.42 Å². The molecule has 0 aromatic rings. The maximum atomic E-state index is 2.24. The summed E-state index contributed by atoms with van der Waals surface area (Å²) < 4.78 is 0. The monoisotopic (exact) mass is 134 g/mol. The number of allylic oxidation sites excluding steroid dienone is 6. The molecule has 10 heavy (non-hydrogen) atoms. The third-order valence-electron chi connectivity index (χ3n) is 1.84. The van der Waals surface area contributed by atoms with Gasteiger partial charge in [-0.05, 0) is 13.3 Å². The van der Waals surface area contributed by atoms with E-state index in [0.29, 0.717) is 5.41 Å². The molecule has 0 N–H and O–H groups in total. The predicted octanol–water partition coefficient (Wildman–Crippen LogP) is 3.08. The number of rotatable bonds is 2. The van der Waals surface area contributed by atoms with Crippen molar-refractivity contribution < 1.29 is 0 Å². The molecular weight excluding hydrogens is 120 g/mol. The van der Waals surface area contributed by atoms with Crippen LogP contribution in [-0.2, 0) is 0 Å². The molecule has 54 valence electrons. The summed E-state index contributed by atoms with van der Waals surface area (Å²) in [5.41, 5.74) is 0.361. The number of hydrogen-bond donors (Lipinski definition) is 0. The SMILES string of the molecule is CC=CC=CC1(C)C=CC1. The summed E-state index contributed by atoms with van der Waals surface area (Å²) in [7, 11) is 0. The Balaban J connectivity index is 2.44. The van der Waals surface area contributed by atoms with E-state index in [9.17, 15) is 0 Å². The van der Waals surface area contributed by atoms with Crippen molar-refractivity contribution in [1.82, 2.24) is 0 Å². The molecule has 0 heterocycles. The van der Waals surface area contributed by atoms with E-state index in [0.717, 1.165) is 0 Å². The molecule has 0 aromatic carbocycles. The van der Waals surface area contributed by atoms with Crippen LogP contribution in [0.15, 0.2) is 36.5 Å². The first-order chi connectivity index (χ1) is 4.77. The van der Waals surface area contributed by atoms with Crippen molar-refractivity contribution in [2.24, 2.45) is 5.41 Å². The van der Waals surface area contributed by atoms with Crippen molar-refractivity contribution in [2.45, 2.75) is 20.3 Å². The minimum Gasteiger partial charge on any atom is -0.0877 e. The standard InChI is InChI=1S/C10H14/c1-3-4-5-7-10(2)8-6-9-10/h3-8H,9H2,1-2H3. The van der Waals surface area contributed by atoms with Crippen molar-refractivity contribution >= 4 is 0 Å². The maximum Gasteiger partial charge on any atom is 0.00702 e. The van der Waals surface area contributed by atoms with Crippen LogP contribution in [0.1, 0.15) is 20.3 Å². The second-order valence-corrected chi connectivity index (χ2v) is 3.00. The van der Waals surface area contributed by atoms with E-state index in [-0.39, 0.29) is 0 Å². The summed E-state index contributed by atoms with van der Waals surface area (Å²) >= 11 is 0. The molecular formula is C10H14. The molecule has 0 amide bonds. The first kappa shape index (κ1) is 7.33. The first-order valence-electron chi connectivity index (χ1n) is 3.75. The van der Waals surface area contributed by atoms with Crippen molar-refractivity contribution in [3.63, 3.8) is 0 Å². The van der Waals surface area contributed by atoms with Gasteiger partial charge in [-0.15, -0.1) is 0 Å². The van der Waals surface area contributed by atoms with Crippen molar-refractivity contribution in [2.75, 3.05) is 0 Å².